The number of nitriles is 1. The number of hydrogen-bond donors (Lipinski definition) is 1. The molecular formula is C27H22N2O3. The third-order valence-corrected chi connectivity index (χ3v) is 5.22. The number of aliphatic carboxylic acids is 1. The molecule has 5 nitrogen and oxygen atoms in total. The number of ether oxygens (including phenoxy) is 1. The average Bonchev–Trinajstić information content (AvgIpc) is 3.15. The normalized spacial score (nSPS) is 11.0. The quantitative estimate of drug-likeness (QED) is 0.384. The fraction of sp³-hybridized carbons (Fsp3) is 0.111. The van der Waals surface area contributed by atoms with Gasteiger partial charge in [0.25, 0.3) is 0 Å². The zero-order valence-corrected chi connectivity index (χ0v) is 17.4. The summed E-state index contributed by atoms with van der Waals surface area (Å²) in [6.45, 7) is 1.18. The van der Waals surface area contributed by atoms with Crippen LogP contribution < -0.4 is 4.74 Å². The average molecular weight is 422 g/mol. The number of nitrogens with zero attached hydrogens (tertiary/aromatic N) is 2. The summed E-state index contributed by atoms with van der Waals surface area (Å²) in [7, 11) is 0. The van der Waals surface area contributed by atoms with Crippen LogP contribution in [0.4, 0.5) is 0 Å². The van der Waals surface area contributed by atoms with Gasteiger partial charge in [0.15, 0.2) is 0 Å². The highest BCUT2D eigenvalue weighted by Crippen LogP contribution is 2.23. The van der Waals surface area contributed by atoms with Crippen LogP contribution in [0.2, 0.25) is 0 Å². The molecule has 1 heterocycles. The van der Waals surface area contributed by atoms with Gasteiger partial charge in [0.2, 0.25) is 0 Å². The summed E-state index contributed by atoms with van der Waals surface area (Å²) >= 11 is 0. The highest BCUT2D eigenvalue weighted by molar-refractivity contribution is 5.85. The van der Waals surface area contributed by atoms with Crippen molar-refractivity contribution >= 4 is 22.9 Å². The lowest BCUT2D eigenvalue weighted by Gasteiger charge is -2.09. The minimum Gasteiger partial charge on any atom is -0.489 e. The molecule has 3 aromatic carbocycles. The lowest BCUT2D eigenvalue weighted by molar-refractivity contribution is -0.131. The molecule has 0 unspecified atom stereocenters. The molecule has 0 spiro atoms. The third-order valence-electron chi connectivity index (χ3n) is 5.22. The number of para-hydroxylation sites is 1. The van der Waals surface area contributed by atoms with Crippen molar-refractivity contribution in [1.82, 2.24) is 4.57 Å². The summed E-state index contributed by atoms with van der Waals surface area (Å²) in [4.78, 5) is 10.6. The first kappa shape index (κ1) is 21.0. The summed E-state index contributed by atoms with van der Waals surface area (Å²) in [6, 6.07) is 26.0. The fourth-order valence-corrected chi connectivity index (χ4v) is 3.63. The predicted molar refractivity (Wildman–Crippen MR) is 124 cm³/mol. The van der Waals surface area contributed by atoms with Gasteiger partial charge in [0.05, 0.1) is 12.5 Å². The Balaban J connectivity index is 1.39. The molecule has 0 amide bonds. The van der Waals surface area contributed by atoms with E-state index in [4.69, 9.17) is 15.1 Å². The van der Waals surface area contributed by atoms with Crippen molar-refractivity contribution in [2.75, 3.05) is 0 Å². The van der Waals surface area contributed by atoms with E-state index in [2.05, 4.69) is 53.2 Å². The lowest BCUT2D eigenvalue weighted by atomic mass is 10.1. The zero-order valence-electron chi connectivity index (χ0n) is 17.4. The number of carbonyl (C=O) groups is 1. The van der Waals surface area contributed by atoms with Crippen molar-refractivity contribution in [2.45, 2.75) is 19.6 Å². The fourth-order valence-electron chi connectivity index (χ4n) is 3.63. The number of carboxylic acids is 1. The topological polar surface area (TPSA) is 75.2 Å². The molecule has 4 rings (SSSR count). The maximum atomic E-state index is 10.6. The van der Waals surface area contributed by atoms with Gasteiger partial charge in [0.1, 0.15) is 12.4 Å². The van der Waals surface area contributed by atoms with Crippen molar-refractivity contribution < 1.29 is 14.6 Å². The molecule has 1 N–H and O–H groups in total. The molecule has 0 aliphatic heterocycles. The van der Waals surface area contributed by atoms with E-state index in [0.29, 0.717) is 13.0 Å². The van der Waals surface area contributed by atoms with Crippen molar-refractivity contribution in [3.8, 4) is 11.8 Å². The molecule has 0 atom stereocenters. The van der Waals surface area contributed by atoms with Crippen LogP contribution in [0.3, 0.4) is 0 Å². The number of benzene rings is 3. The first-order valence-electron chi connectivity index (χ1n) is 10.3. The third kappa shape index (κ3) is 5.05. The van der Waals surface area contributed by atoms with Crippen LogP contribution in [-0.2, 0) is 24.4 Å². The summed E-state index contributed by atoms with van der Waals surface area (Å²) in [5.74, 6) is -0.244. The van der Waals surface area contributed by atoms with E-state index in [1.165, 1.54) is 5.56 Å². The second-order valence-corrected chi connectivity index (χ2v) is 7.48. The molecule has 0 bridgehead atoms. The van der Waals surface area contributed by atoms with E-state index in [1.54, 1.807) is 6.08 Å². The SMILES string of the molecule is N#CCc1cn(Cc2ccc(COc3ccc(/C=C/C(=O)O)cc3)cc2)c2ccccc12. The number of carboxylic acid groups (broad SMARTS) is 1. The van der Waals surface area contributed by atoms with E-state index in [-0.39, 0.29) is 0 Å². The minimum absolute atomic E-state index is 0.403. The Labute approximate surface area is 186 Å². The van der Waals surface area contributed by atoms with E-state index in [1.807, 2.05) is 36.4 Å². The monoisotopic (exact) mass is 422 g/mol. The highest BCUT2D eigenvalue weighted by atomic mass is 16.5. The number of hydrogen-bond acceptors (Lipinski definition) is 3. The van der Waals surface area contributed by atoms with Crippen LogP contribution in [0.15, 0.2) is 85.1 Å². The second-order valence-electron chi connectivity index (χ2n) is 7.48. The standard InChI is InChI=1S/C27H22N2O3/c28-16-15-23-18-29(26-4-2-1-3-25(23)26)17-21-5-7-22(8-6-21)19-32-24-12-9-20(10-13-24)11-14-27(30)31/h1-14,18H,15,17,19H2,(H,30,31)/b14-11+. The first-order valence-corrected chi connectivity index (χ1v) is 10.3. The van der Waals surface area contributed by atoms with Gasteiger partial charge in [0, 0.05) is 29.7 Å². The lowest BCUT2D eigenvalue weighted by Crippen LogP contribution is -1.99. The Hall–Kier alpha value is -4.30. The maximum Gasteiger partial charge on any atom is 0.328 e. The van der Waals surface area contributed by atoms with Crippen LogP contribution in [-0.4, -0.2) is 15.6 Å². The smallest absolute Gasteiger partial charge is 0.328 e. The Morgan fingerprint density at radius 2 is 1.72 bits per heavy atom. The largest absolute Gasteiger partial charge is 0.489 e. The van der Waals surface area contributed by atoms with E-state index >= 15 is 0 Å². The molecular weight excluding hydrogens is 400 g/mol. The first-order chi connectivity index (χ1) is 15.6. The minimum atomic E-state index is -0.971. The number of fused-ring (bicyclic) bond motifs is 1. The molecule has 0 aliphatic carbocycles. The van der Waals surface area contributed by atoms with Gasteiger partial charge in [-0.05, 0) is 46.5 Å². The Kier molecular flexibility index (Phi) is 6.33. The van der Waals surface area contributed by atoms with E-state index in [0.717, 1.165) is 46.0 Å². The molecule has 158 valence electrons. The summed E-state index contributed by atoms with van der Waals surface area (Å²) in [5.41, 5.74) is 5.22. The Morgan fingerprint density at radius 1 is 1.00 bits per heavy atom. The van der Waals surface area contributed by atoms with Crippen LogP contribution in [0.5, 0.6) is 5.75 Å². The van der Waals surface area contributed by atoms with Gasteiger partial charge in [-0.2, -0.15) is 5.26 Å². The summed E-state index contributed by atoms with van der Waals surface area (Å²) in [5, 5.41) is 18.9. The van der Waals surface area contributed by atoms with Gasteiger partial charge in [-0.3, -0.25) is 0 Å². The van der Waals surface area contributed by atoms with Gasteiger partial charge < -0.3 is 14.4 Å². The Morgan fingerprint density at radius 3 is 2.44 bits per heavy atom. The number of rotatable bonds is 8. The van der Waals surface area contributed by atoms with Crippen molar-refractivity contribution in [1.29, 1.82) is 5.26 Å². The van der Waals surface area contributed by atoms with Crippen LogP contribution >= 0.6 is 0 Å². The molecule has 0 saturated carbocycles. The highest BCUT2D eigenvalue weighted by Gasteiger charge is 2.08. The van der Waals surface area contributed by atoms with Crippen LogP contribution in [0.25, 0.3) is 17.0 Å². The van der Waals surface area contributed by atoms with Crippen LogP contribution in [0.1, 0.15) is 22.3 Å². The summed E-state index contributed by atoms with van der Waals surface area (Å²) < 4.78 is 8.03. The van der Waals surface area contributed by atoms with Gasteiger partial charge in [-0.25, -0.2) is 4.79 Å². The van der Waals surface area contributed by atoms with Gasteiger partial charge in [-0.15, -0.1) is 0 Å². The van der Waals surface area contributed by atoms with Crippen molar-refractivity contribution in [3.05, 3.63) is 107 Å². The van der Waals surface area contributed by atoms with Gasteiger partial charge >= 0.3 is 5.97 Å². The second kappa shape index (κ2) is 9.67. The molecule has 4 aromatic rings. The maximum absolute atomic E-state index is 10.6. The zero-order chi connectivity index (χ0) is 22.3. The molecule has 0 fully saturated rings. The molecule has 5 heteroatoms. The van der Waals surface area contributed by atoms with E-state index < -0.39 is 5.97 Å². The van der Waals surface area contributed by atoms with Crippen LogP contribution in [0, 0.1) is 11.3 Å². The van der Waals surface area contributed by atoms with Crippen molar-refractivity contribution in [2.24, 2.45) is 0 Å². The molecule has 0 radical (unpaired) electrons. The molecule has 1 aromatic heterocycles. The Bertz CT molecular complexity index is 1290. The molecule has 0 saturated heterocycles. The van der Waals surface area contributed by atoms with Gasteiger partial charge in [-0.1, -0.05) is 54.6 Å². The summed E-state index contributed by atoms with van der Waals surface area (Å²) in [6.07, 6.45) is 5.13. The van der Waals surface area contributed by atoms with Crippen molar-refractivity contribution in [3.63, 3.8) is 0 Å². The molecule has 32 heavy (non-hydrogen) atoms. The predicted octanol–water partition coefficient (Wildman–Crippen LogP) is 5.43. The molecule has 0 aliphatic rings. The van der Waals surface area contributed by atoms with E-state index in [9.17, 15) is 4.79 Å². The number of aromatic nitrogens is 1.